The maximum absolute atomic E-state index is 12.5. The molecule has 2 atom stereocenters. The van der Waals surface area contributed by atoms with E-state index in [1.54, 1.807) is 19.1 Å². The molecule has 1 amide bonds. The highest BCUT2D eigenvalue weighted by Crippen LogP contribution is 2.32. The summed E-state index contributed by atoms with van der Waals surface area (Å²) in [4.78, 5) is 18.4. The minimum Gasteiger partial charge on any atom is -0.384 e. The summed E-state index contributed by atoms with van der Waals surface area (Å²) in [6, 6.07) is 0. The number of carbonyl (C=O) groups is 1. The number of halogens is 1. The monoisotopic (exact) mass is 332 g/mol. The smallest absolute Gasteiger partial charge is 0.246 e. The van der Waals surface area contributed by atoms with Crippen LogP contribution >= 0.6 is 12.4 Å². The highest BCUT2D eigenvalue weighted by Gasteiger charge is 2.34. The quantitative estimate of drug-likeness (QED) is 0.801. The molecule has 1 aliphatic carbocycles. The Morgan fingerprint density at radius 1 is 1.50 bits per heavy atom. The van der Waals surface area contributed by atoms with Crippen molar-refractivity contribution in [3.8, 4) is 0 Å². The average Bonchev–Trinajstić information content (AvgIpc) is 3.12. The normalized spacial score (nSPS) is 20.7. The maximum Gasteiger partial charge on any atom is 0.246 e. The van der Waals surface area contributed by atoms with Crippen LogP contribution in [0.1, 0.15) is 31.0 Å². The van der Waals surface area contributed by atoms with Gasteiger partial charge in [-0.15, -0.1) is 12.4 Å². The van der Waals surface area contributed by atoms with Crippen LogP contribution < -0.4 is 5.73 Å². The summed E-state index contributed by atoms with van der Waals surface area (Å²) in [5.74, 6) is 1.53. The topological polar surface area (TPSA) is 94.5 Å². The van der Waals surface area contributed by atoms with Gasteiger partial charge in [-0.3, -0.25) is 4.79 Å². The third-order valence-electron chi connectivity index (χ3n) is 4.07. The van der Waals surface area contributed by atoms with E-state index in [9.17, 15) is 4.79 Å². The molecule has 2 rings (SSSR count). The molecule has 1 saturated carbocycles. The molecule has 22 heavy (non-hydrogen) atoms. The number of rotatable bonds is 7. The molecule has 1 aromatic heterocycles. The maximum atomic E-state index is 12.5. The number of amides is 1. The third-order valence-corrected chi connectivity index (χ3v) is 4.07. The van der Waals surface area contributed by atoms with Crippen molar-refractivity contribution in [1.82, 2.24) is 15.0 Å². The molecule has 0 saturated heterocycles. The Balaban J connectivity index is 0.00000242. The van der Waals surface area contributed by atoms with Crippen molar-refractivity contribution in [3.63, 3.8) is 0 Å². The second-order valence-corrected chi connectivity index (χ2v) is 5.57. The first-order valence-electron chi connectivity index (χ1n) is 7.41. The van der Waals surface area contributed by atoms with Crippen molar-refractivity contribution in [1.29, 1.82) is 0 Å². The SMILES string of the molecule is COCCc1noc(CN(C)C(=O)[C@@H]2CCC[C@@H]2CN)n1.Cl. The van der Waals surface area contributed by atoms with Crippen LogP contribution in [0.15, 0.2) is 4.52 Å². The molecule has 0 spiro atoms. The number of nitrogens with zero attached hydrogens (tertiary/aromatic N) is 3. The van der Waals surface area contributed by atoms with Crippen LogP contribution in [-0.4, -0.2) is 48.3 Å². The minimum absolute atomic E-state index is 0. The summed E-state index contributed by atoms with van der Waals surface area (Å²) in [5.41, 5.74) is 5.74. The second kappa shape index (κ2) is 9.07. The highest BCUT2D eigenvalue weighted by molar-refractivity contribution is 5.85. The van der Waals surface area contributed by atoms with Gasteiger partial charge in [-0.1, -0.05) is 11.6 Å². The first kappa shape index (κ1) is 18.9. The number of aromatic nitrogens is 2. The molecule has 0 bridgehead atoms. The fourth-order valence-corrected chi connectivity index (χ4v) is 2.86. The summed E-state index contributed by atoms with van der Waals surface area (Å²) in [7, 11) is 3.40. The van der Waals surface area contributed by atoms with Gasteiger partial charge in [0.05, 0.1) is 13.2 Å². The van der Waals surface area contributed by atoms with Gasteiger partial charge in [-0.2, -0.15) is 4.98 Å². The lowest BCUT2D eigenvalue weighted by atomic mass is 9.95. The van der Waals surface area contributed by atoms with Crippen LogP contribution in [0.3, 0.4) is 0 Å². The van der Waals surface area contributed by atoms with Crippen molar-refractivity contribution in [2.45, 2.75) is 32.2 Å². The Morgan fingerprint density at radius 2 is 2.27 bits per heavy atom. The van der Waals surface area contributed by atoms with Gasteiger partial charge in [0.25, 0.3) is 0 Å². The molecule has 1 aliphatic rings. The van der Waals surface area contributed by atoms with Gasteiger partial charge in [0, 0.05) is 26.5 Å². The summed E-state index contributed by atoms with van der Waals surface area (Å²) >= 11 is 0. The Morgan fingerprint density at radius 3 is 2.95 bits per heavy atom. The van der Waals surface area contributed by atoms with Gasteiger partial charge in [-0.25, -0.2) is 0 Å². The number of methoxy groups -OCH3 is 1. The van der Waals surface area contributed by atoms with Gasteiger partial charge in [-0.05, 0) is 25.3 Å². The predicted molar refractivity (Wildman–Crippen MR) is 83.5 cm³/mol. The van der Waals surface area contributed by atoms with Gasteiger partial charge in [0.2, 0.25) is 11.8 Å². The van der Waals surface area contributed by atoms with E-state index in [1.807, 2.05) is 0 Å². The summed E-state index contributed by atoms with van der Waals surface area (Å²) in [6.07, 6.45) is 3.65. The molecule has 1 fully saturated rings. The van der Waals surface area contributed by atoms with Crippen molar-refractivity contribution in [2.24, 2.45) is 17.6 Å². The molecule has 2 N–H and O–H groups in total. The molecular formula is C14H25ClN4O3. The molecule has 0 aliphatic heterocycles. The molecule has 0 aromatic carbocycles. The van der Waals surface area contributed by atoms with E-state index in [4.69, 9.17) is 15.0 Å². The third kappa shape index (κ3) is 4.66. The molecule has 0 radical (unpaired) electrons. The fourth-order valence-electron chi connectivity index (χ4n) is 2.86. The highest BCUT2D eigenvalue weighted by atomic mass is 35.5. The largest absolute Gasteiger partial charge is 0.384 e. The number of hydrogen-bond donors (Lipinski definition) is 1. The zero-order valence-electron chi connectivity index (χ0n) is 13.2. The van der Waals surface area contributed by atoms with Crippen LogP contribution in [-0.2, 0) is 22.5 Å². The number of hydrogen-bond acceptors (Lipinski definition) is 6. The standard InChI is InChI=1S/C14H24N4O3.ClH/c1-18(14(19)11-5-3-4-10(11)8-15)9-13-16-12(17-21-13)6-7-20-2;/h10-11H,3-9,15H2,1-2H3;1H/t10-,11-;/m1./s1. The van der Waals surface area contributed by atoms with Crippen molar-refractivity contribution < 1.29 is 14.1 Å². The minimum atomic E-state index is 0. The summed E-state index contributed by atoms with van der Waals surface area (Å²) in [5, 5.41) is 3.87. The fraction of sp³-hybridized carbons (Fsp3) is 0.786. The van der Waals surface area contributed by atoms with E-state index in [0.717, 1.165) is 19.3 Å². The van der Waals surface area contributed by atoms with Crippen molar-refractivity contribution >= 4 is 18.3 Å². The zero-order valence-corrected chi connectivity index (χ0v) is 14.0. The number of nitrogens with two attached hydrogens (primary N) is 1. The molecule has 8 heteroatoms. The second-order valence-electron chi connectivity index (χ2n) is 5.57. The van der Waals surface area contributed by atoms with Crippen LogP contribution in [0.5, 0.6) is 0 Å². The Kier molecular flexibility index (Phi) is 7.78. The molecular weight excluding hydrogens is 308 g/mol. The lowest BCUT2D eigenvalue weighted by Crippen LogP contribution is -2.36. The summed E-state index contributed by atoms with van der Waals surface area (Å²) < 4.78 is 10.1. The van der Waals surface area contributed by atoms with Gasteiger partial charge >= 0.3 is 0 Å². The van der Waals surface area contributed by atoms with Crippen LogP contribution in [0, 0.1) is 11.8 Å². The number of carbonyl (C=O) groups excluding carboxylic acids is 1. The Hall–Kier alpha value is -1.18. The lowest BCUT2D eigenvalue weighted by molar-refractivity contribution is -0.136. The molecule has 0 unspecified atom stereocenters. The van der Waals surface area contributed by atoms with Crippen molar-refractivity contribution in [2.75, 3.05) is 27.3 Å². The van der Waals surface area contributed by atoms with E-state index >= 15 is 0 Å². The van der Waals surface area contributed by atoms with Gasteiger partial charge < -0.3 is 19.9 Å². The number of ether oxygens (including phenoxy) is 1. The van der Waals surface area contributed by atoms with Crippen LogP contribution in [0.4, 0.5) is 0 Å². The molecule has 7 nitrogen and oxygen atoms in total. The first-order chi connectivity index (χ1) is 10.2. The van der Waals surface area contributed by atoms with Crippen LogP contribution in [0.2, 0.25) is 0 Å². The average molecular weight is 333 g/mol. The Bertz CT molecular complexity index is 469. The summed E-state index contributed by atoms with van der Waals surface area (Å²) in [6.45, 7) is 1.46. The van der Waals surface area contributed by atoms with Gasteiger partial charge in [0.15, 0.2) is 5.82 Å². The molecule has 126 valence electrons. The lowest BCUT2D eigenvalue weighted by Gasteiger charge is -2.23. The predicted octanol–water partition coefficient (Wildman–Crippen LogP) is 1.01. The van der Waals surface area contributed by atoms with E-state index < -0.39 is 0 Å². The molecule has 1 heterocycles. The van der Waals surface area contributed by atoms with E-state index in [1.165, 1.54) is 0 Å². The first-order valence-corrected chi connectivity index (χ1v) is 7.41. The van der Waals surface area contributed by atoms with Crippen molar-refractivity contribution in [3.05, 3.63) is 11.7 Å². The van der Waals surface area contributed by atoms with Crippen LogP contribution in [0.25, 0.3) is 0 Å². The van der Waals surface area contributed by atoms with E-state index in [2.05, 4.69) is 10.1 Å². The zero-order chi connectivity index (χ0) is 15.2. The molecule has 1 aromatic rings. The Labute approximate surface area is 137 Å². The van der Waals surface area contributed by atoms with Gasteiger partial charge in [0.1, 0.15) is 0 Å². The van der Waals surface area contributed by atoms with E-state index in [0.29, 0.717) is 43.8 Å². The van der Waals surface area contributed by atoms with E-state index in [-0.39, 0.29) is 24.2 Å².